The first kappa shape index (κ1) is 24.4. The largest absolute Gasteiger partial charge is 0.497 e. The minimum absolute atomic E-state index is 0.0291. The van der Waals surface area contributed by atoms with Crippen LogP contribution in [0.2, 0.25) is 0 Å². The third kappa shape index (κ3) is 5.62. The Labute approximate surface area is 183 Å². The fraction of sp³-hybridized carbons (Fsp3) is 0.381. The number of amides is 1. The molecule has 1 amide bonds. The van der Waals surface area contributed by atoms with Gasteiger partial charge < -0.3 is 20.5 Å². The fourth-order valence-corrected chi connectivity index (χ4v) is 2.87. The number of ketones is 1. The molecule has 11 nitrogen and oxygen atoms in total. The number of benzene rings is 1. The van der Waals surface area contributed by atoms with Gasteiger partial charge in [-0.2, -0.15) is 0 Å². The SMILES string of the molecule is COc1cccc(C(=O)NCC(=O)OCC(=O)c2c(N)n(CC(C)C)c(=O)n(C)c2=O)c1. The van der Waals surface area contributed by atoms with E-state index in [9.17, 15) is 24.0 Å². The van der Waals surface area contributed by atoms with Gasteiger partial charge in [-0.1, -0.05) is 19.9 Å². The van der Waals surface area contributed by atoms with Crippen molar-refractivity contribution in [2.75, 3.05) is 26.0 Å². The van der Waals surface area contributed by atoms with Crippen LogP contribution >= 0.6 is 0 Å². The molecule has 0 saturated heterocycles. The number of Topliss-reactive ketones (excluding diaryl/α,β-unsaturated/α-hetero) is 1. The van der Waals surface area contributed by atoms with Gasteiger partial charge in [-0.3, -0.25) is 28.3 Å². The molecule has 172 valence electrons. The summed E-state index contributed by atoms with van der Waals surface area (Å²) in [6.45, 7) is 2.63. The zero-order chi connectivity index (χ0) is 24.0. The van der Waals surface area contributed by atoms with E-state index in [-0.39, 0.29) is 23.8 Å². The summed E-state index contributed by atoms with van der Waals surface area (Å²) in [5.74, 6) is -2.05. The Kier molecular flexibility index (Phi) is 7.94. The third-order valence-electron chi connectivity index (χ3n) is 4.50. The number of rotatable bonds is 9. The molecule has 0 atom stereocenters. The van der Waals surface area contributed by atoms with Crippen molar-refractivity contribution in [2.24, 2.45) is 13.0 Å². The maximum absolute atomic E-state index is 12.5. The second kappa shape index (κ2) is 10.4. The molecule has 1 aromatic heterocycles. The number of anilines is 1. The number of nitrogens with two attached hydrogens (primary N) is 1. The van der Waals surface area contributed by atoms with Gasteiger partial charge >= 0.3 is 11.7 Å². The van der Waals surface area contributed by atoms with Gasteiger partial charge in [0, 0.05) is 19.2 Å². The molecule has 0 aliphatic rings. The lowest BCUT2D eigenvalue weighted by Crippen LogP contribution is -2.43. The first-order chi connectivity index (χ1) is 15.1. The van der Waals surface area contributed by atoms with Crippen molar-refractivity contribution in [3.8, 4) is 5.75 Å². The lowest BCUT2D eigenvalue weighted by Gasteiger charge is -2.16. The van der Waals surface area contributed by atoms with Crippen molar-refractivity contribution < 1.29 is 23.9 Å². The number of ether oxygens (including phenoxy) is 2. The van der Waals surface area contributed by atoms with E-state index in [2.05, 4.69) is 5.32 Å². The van der Waals surface area contributed by atoms with Crippen molar-refractivity contribution in [1.29, 1.82) is 0 Å². The molecular weight excluding hydrogens is 420 g/mol. The van der Waals surface area contributed by atoms with Gasteiger partial charge in [0.15, 0.2) is 6.61 Å². The van der Waals surface area contributed by atoms with E-state index in [1.54, 1.807) is 12.1 Å². The Balaban J connectivity index is 2.05. The Morgan fingerprint density at radius 1 is 1.19 bits per heavy atom. The van der Waals surface area contributed by atoms with Crippen LogP contribution in [0.25, 0.3) is 0 Å². The molecule has 32 heavy (non-hydrogen) atoms. The molecule has 1 heterocycles. The number of esters is 1. The van der Waals surface area contributed by atoms with Crippen LogP contribution < -0.4 is 27.0 Å². The number of hydrogen-bond acceptors (Lipinski definition) is 8. The number of aromatic nitrogens is 2. The highest BCUT2D eigenvalue weighted by Crippen LogP contribution is 2.12. The van der Waals surface area contributed by atoms with Crippen LogP contribution in [0.1, 0.15) is 34.6 Å². The fourth-order valence-electron chi connectivity index (χ4n) is 2.87. The minimum atomic E-state index is -0.888. The zero-order valence-electron chi connectivity index (χ0n) is 18.3. The molecule has 0 aliphatic heterocycles. The molecule has 2 rings (SSSR count). The van der Waals surface area contributed by atoms with E-state index in [0.717, 1.165) is 9.13 Å². The van der Waals surface area contributed by atoms with Crippen molar-refractivity contribution in [2.45, 2.75) is 20.4 Å². The van der Waals surface area contributed by atoms with Crippen LogP contribution in [0.5, 0.6) is 5.75 Å². The van der Waals surface area contributed by atoms with Crippen LogP contribution in [-0.4, -0.2) is 47.1 Å². The molecule has 11 heteroatoms. The molecule has 0 fully saturated rings. The van der Waals surface area contributed by atoms with E-state index in [1.165, 1.54) is 26.3 Å². The third-order valence-corrected chi connectivity index (χ3v) is 4.50. The van der Waals surface area contributed by atoms with E-state index in [4.69, 9.17) is 15.2 Å². The summed E-state index contributed by atoms with van der Waals surface area (Å²) in [6, 6.07) is 6.32. The van der Waals surface area contributed by atoms with Crippen molar-refractivity contribution in [3.05, 3.63) is 56.2 Å². The topological polar surface area (TPSA) is 152 Å². The molecule has 2 aromatic rings. The lowest BCUT2D eigenvalue weighted by atomic mass is 10.1. The highest BCUT2D eigenvalue weighted by Gasteiger charge is 2.23. The first-order valence-corrected chi connectivity index (χ1v) is 9.77. The summed E-state index contributed by atoms with van der Waals surface area (Å²) in [7, 11) is 2.69. The highest BCUT2D eigenvalue weighted by molar-refractivity contribution is 6.01. The van der Waals surface area contributed by atoms with Crippen LogP contribution in [0.3, 0.4) is 0 Å². The van der Waals surface area contributed by atoms with Gasteiger partial charge in [0.1, 0.15) is 23.7 Å². The maximum Gasteiger partial charge on any atom is 0.332 e. The number of nitrogen functional groups attached to an aromatic ring is 1. The van der Waals surface area contributed by atoms with Gasteiger partial charge in [0.05, 0.1) is 7.11 Å². The van der Waals surface area contributed by atoms with Crippen LogP contribution in [-0.2, 0) is 23.1 Å². The highest BCUT2D eigenvalue weighted by atomic mass is 16.5. The van der Waals surface area contributed by atoms with Crippen molar-refractivity contribution in [1.82, 2.24) is 14.5 Å². The standard InChI is InChI=1S/C21H26N4O7/c1-12(2)10-25-18(22)17(20(29)24(3)21(25)30)15(26)11-32-16(27)9-23-19(28)13-6-5-7-14(8-13)31-4/h5-8,12H,9-11,22H2,1-4H3,(H,23,28). The van der Waals surface area contributed by atoms with Crippen molar-refractivity contribution in [3.63, 3.8) is 0 Å². The molecule has 0 bridgehead atoms. The summed E-state index contributed by atoms with van der Waals surface area (Å²) in [4.78, 5) is 61.3. The quantitative estimate of drug-likeness (QED) is 0.402. The average Bonchev–Trinajstić information content (AvgIpc) is 2.77. The monoisotopic (exact) mass is 446 g/mol. The van der Waals surface area contributed by atoms with Gasteiger partial charge in [0.2, 0.25) is 5.78 Å². The number of hydrogen-bond donors (Lipinski definition) is 2. The van der Waals surface area contributed by atoms with E-state index in [0.29, 0.717) is 5.75 Å². The second-order valence-corrected chi connectivity index (χ2v) is 7.41. The van der Waals surface area contributed by atoms with Crippen LogP contribution in [0.4, 0.5) is 5.82 Å². The molecule has 0 aliphatic carbocycles. The van der Waals surface area contributed by atoms with E-state index >= 15 is 0 Å². The number of nitrogens with zero attached hydrogens (tertiary/aromatic N) is 2. The zero-order valence-corrected chi connectivity index (χ0v) is 18.3. The summed E-state index contributed by atoms with van der Waals surface area (Å²) in [5, 5.41) is 2.37. The number of carbonyl (C=O) groups excluding carboxylic acids is 3. The molecule has 0 saturated carbocycles. The van der Waals surface area contributed by atoms with Crippen LogP contribution in [0.15, 0.2) is 33.9 Å². The predicted octanol–water partition coefficient (Wildman–Crippen LogP) is -0.0503. The van der Waals surface area contributed by atoms with E-state index in [1.807, 2.05) is 13.8 Å². The number of carbonyl (C=O) groups is 3. The number of nitrogens with one attached hydrogen (secondary N) is 1. The Bertz CT molecular complexity index is 1150. The Morgan fingerprint density at radius 3 is 2.50 bits per heavy atom. The van der Waals surface area contributed by atoms with Crippen LogP contribution in [0, 0.1) is 5.92 Å². The molecule has 0 unspecified atom stereocenters. The van der Waals surface area contributed by atoms with E-state index < -0.39 is 47.6 Å². The first-order valence-electron chi connectivity index (χ1n) is 9.77. The summed E-state index contributed by atoms with van der Waals surface area (Å²) < 4.78 is 11.8. The van der Waals surface area contributed by atoms with Crippen molar-refractivity contribution >= 4 is 23.5 Å². The normalized spacial score (nSPS) is 10.7. The molecule has 0 radical (unpaired) electrons. The molecule has 1 aromatic carbocycles. The summed E-state index contributed by atoms with van der Waals surface area (Å²) >= 11 is 0. The predicted molar refractivity (Wildman–Crippen MR) is 116 cm³/mol. The van der Waals surface area contributed by atoms with Gasteiger partial charge in [-0.15, -0.1) is 0 Å². The Hall–Kier alpha value is -3.89. The summed E-state index contributed by atoms with van der Waals surface area (Å²) in [5.41, 5.74) is 4.24. The molecular formula is C21H26N4O7. The average molecular weight is 446 g/mol. The summed E-state index contributed by atoms with van der Waals surface area (Å²) in [6.07, 6.45) is 0. The van der Waals surface area contributed by atoms with Gasteiger partial charge in [0.25, 0.3) is 11.5 Å². The lowest BCUT2D eigenvalue weighted by molar-refractivity contribution is -0.141. The number of methoxy groups -OCH3 is 1. The maximum atomic E-state index is 12.5. The molecule has 0 spiro atoms. The minimum Gasteiger partial charge on any atom is -0.497 e. The molecule has 3 N–H and O–H groups in total. The van der Waals surface area contributed by atoms with Gasteiger partial charge in [-0.25, -0.2) is 4.79 Å². The smallest absolute Gasteiger partial charge is 0.332 e. The Morgan fingerprint density at radius 2 is 1.88 bits per heavy atom. The second-order valence-electron chi connectivity index (χ2n) is 7.41. The van der Waals surface area contributed by atoms with Gasteiger partial charge in [-0.05, 0) is 24.1 Å².